The average Bonchev–Trinajstić information content (AvgIpc) is 2.40. The summed E-state index contributed by atoms with van der Waals surface area (Å²) in [6.07, 6.45) is 1.50. The summed E-state index contributed by atoms with van der Waals surface area (Å²) in [5, 5.41) is 2.60. The third-order valence-electron chi connectivity index (χ3n) is 2.53. The summed E-state index contributed by atoms with van der Waals surface area (Å²) in [5.74, 6) is -0.619. The smallest absolute Gasteiger partial charge is 0.255 e. The van der Waals surface area contributed by atoms with Crippen LogP contribution in [0.2, 0.25) is 0 Å². The second kappa shape index (κ2) is 5.79. The van der Waals surface area contributed by atoms with Gasteiger partial charge in [-0.15, -0.1) is 0 Å². The maximum Gasteiger partial charge on any atom is 0.255 e. The van der Waals surface area contributed by atoms with E-state index in [1.54, 1.807) is 24.3 Å². The molecule has 0 atom stereocenters. The van der Waals surface area contributed by atoms with Gasteiger partial charge in [-0.2, -0.15) is 0 Å². The van der Waals surface area contributed by atoms with Crippen LogP contribution in [-0.2, 0) is 6.54 Å². The topological polar surface area (TPSA) is 68.0 Å². The Morgan fingerprint density at radius 1 is 1.42 bits per heavy atom. The van der Waals surface area contributed by atoms with Crippen molar-refractivity contribution in [3.05, 3.63) is 57.9 Å². The highest BCUT2D eigenvalue weighted by Gasteiger charge is 2.11. The van der Waals surface area contributed by atoms with E-state index < -0.39 is 5.91 Å². The zero-order chi connectivity index (χ0) is 13.8. The number of nitrogen functional groups attached to an aromatic ring is 1. The Kier molecular flexibility index (Phi) is 4.11. The van der Waals surface area contributed by atoms with Gasteiger partial charge in [0.2, 0.25) is 0 Å². The number of carbonyl (C=O) groups excluding carboxylic acids is 1. The molecule has 0 bridgehead atoms. The number of benzene rings is 1. The normalized spacial score (nSPS) is 10.2. The molecule has 1 amide bonds. The summed E-state index contributed by atoms with van der Waals surface area (Å²) in [6, 6.07) is 7.82. The highest BCUT2D eigenvalue weighted by molar-refractivity contribution is 9.10. The predicted octanol–water partition coefficient (Wildman–Crippen LogP) is 2.50. The van der Waals surface area contributed by atoms with Gasteiger partial charge >= 0.3 is 0 Å². The second-order valence-corrected chi connectivity index (χ2v) is 4.78. The Morgan fingerprint density at radius 2 is 2.16 bits per heavy atom. The van der Waals surface area contributed by atoms with E-state index in [-0.39, 0.29) is 23.7 Å². The molecule has 0 saturated carbocycles. The molecule has 3 N–H and O–H groups in total. The Balaban J connectivity index is 2.10. The Morgan fingerprint density at radius 3 is 2.89 bits per heavy atom. The van der Waals surface area contributed by atoms with Gasteiger partial charge in [0.25, 0.3) is 5.91 Å². The minimum Gasteiger partial charge on any atom is -0.383 e. The van der Waals surface area contributed by atoms with Crippen LogP contribution in [-0.4, -0.2) is 10.9 Å². The fourth-order valence-corrected chi connectivity index (χ4v) is 1.88. The van der Waals surface area contributed by atoms with Gasteiger partial charge in [0.15, 0.2) is 0 Å². The van der Waals surface area contributed by atoms with E-state index in [0.29, 0.717) is 10.0 Å². The van der Waals surface area contributed by atoms with Gasteiger partial charge in [0.1, 0.15) is 11.6 Å². The molecule has 0 fully saturated rings. The molecular formula is C13H11BrFN3O. The zero-order valence-corrected chi connectivity index (χ0v) is 11.4. The Bertz CT molecular complexity index is 619. The number of anilines is 1. The molecule has 0 aliphatic heterocycles. The lowest BCUT2D eigenvalue weighted by Gasteiger charge is -2.08. The first-order valence-corrected chi connectivity index (χ1v) is 6.30. The molecule has 0 aliphatic rings. The number of nitrogens with two attached hydrogens (primary N) is 1. The minimum absolute atomic E-state index is 0.0947. The fourth-order valence-electron chi connectivity index (χ4n) is 1.54. The summed E-state index contributed by atoms with van der Waals surface area (Å²) in [7, 11) is 0. The predicted molar refractivity (Wildman–Crippen MR) is 73.9 cm³/mol. The molecule has 4 nitrogen and oxygen atoms in total. The van der Waals surface area contributed by atoms with Crippen molar-refractivity contribution in [3.8, 4) is 0 Å². The van der Waals surface area contributed by atoms with Crippen molar-refractivity contribution < 1.29 is 9.18 Å². The summed E-state index contributed by atoms with van der Waals surface area (Å²) >= 11 is 3.21. The standard InChI is InChI=1S/C13H11BrFN3O/c14-9-5-10(12(16)17-7-9)13(19)18-6-8-3-1-2-4-11(8)15/h1-5,7H,6H2,(H2,16,17)(H,18,19). The molecule has 1 aromatic carbocycles. The maximum atomic E-state index is 13.4. The van der Waals surface area contributed by atoms with Crippen LogP contribution in [0.4, 0.5) is 10.2 Å². The number of halogens is 2. The first-order valence-electron chi connectivity index (χ1n) is 5.50. The van der Waals surface area contributed by atoms with Gasteiger partial charge in [0.05, 0.1) is 5.56 Å². The molecule has 1 heterocycles. The zero-order valence-electron chi connectivity index (χ0n) is 9.86. The van der Waals surface area contributed by atoms with Crippen molar-refractivity contribution in [1.29, 1.82) is 0 Å². The van der Waals surface area contributed by atoms with Crippen LogP contribution < -0.4 is 11.1 Å². The summed E-state index contributed by atoms with van der Waals surface area (Å²) < 4.78 is 14.0. The van der Waals surface area contributed by atoms with Crippen molar-refractivity contribution in [2.24, 2.45) is 0 Å². The molecule has 1 aromatic heterocycles. The monoisotopic (exact) mass is 323 g/mol. The van der Waals surface area contributed by atoms with E-state index >= 15 is 0 Å². The van der Waals surface area contributed by atoms with E-state index in [9.17, 15) is 9.18 Å². The first-order chi connectivity index (χ1) is 9.08. The molecule has 0 saturated heterocycles. The molecule has 0 aliphatic carbocycles. The minimum atomic E-state index is -0.394. The molecule has 98 valence electrons. The lowest BCUT2D eigenvalue weighted by molar-refractivity contribution is 0.0951. The van der Waals surface area contributed by atoms with Crippen molar-refractivity contribution in [2.45, 2.75) is 6.54 Å². The first kappa shape index (κ1) is 13.5. The van der Waals surface area contributed by atoms with Crippen molar-refractivity contribution >= 4 is 27.7 Å². The number of hydrogen-bond acceptors (Lipinski definition) is 3. The lowest BCUT2D eigenvalue weighted by Crippen LogP contribution is -2.24. The molecule has 0 unspecified atom stereocenters. The van der Waals surface area contributed by atoms with Gasteiger partial charge < -0.3 is 11.1 Å². The molecule has 0 radical (unpaired) electrons. The molecule has 0 spiro atoms. The van der Waals surface area contributed by atoms with Crippen molar-refractivity contribution in [2.75, 3.05) is 5.73 Å². The number of carbonyl (C=O) groups is 1. The summed E-state index contributed by atoms with van der Waals surface area (Å²) in [5.41, 5.74) is 6.29. The summed E-state index contributed by atoms with van der Waals surface area (Å²) in [6.45, 7) is 0.0947. The van der Waals surface area contributed by atoms with Crippen LogP contribution in [0.15, 0.2) is 41.0 Å². The lowest BCUT2D eigenvalue weighted by atomic mass is 10.2. The van der Waals surface area contributed by atoms with E-state index in [1.807, 2.05) is 0 Å². The number of nitrogens with zero attached hydrogens (tertiary/aromatic N) is 1. The van der Waals surface area contributed by atoms with Crippen LogP contribution >= 0.6 is 15.9 Å². The molecule has 19 heavy (non-hydrogen) atoms. The number of nitrogens with one attached hydrogen (secondary N) is 1. The van der Waals surface area contributed by atoms with E-state index in [0.717, 1.165) is 0 Å². The number of hydrogen-bond donors (Lipinski definition) is 2. The number of rotatable bonds is 3. The highest BCUT2D eigenvalue weighted by atomic mass is 79.9. The summed E-state index contributed by atoms with van der Waals surface area (Å²) in [4.78, 5) is 15.8. The maximum absolute atomic E-state index is 13.4. The highest BCUT2D eigenvalue weighted by Crippen LogP contribution is 2.15. The number of amides is 1. The average molecular weight is 324 g/mol. The third kappa shape index (κ3) is 3.29. The van der Waals surface area contributed by atoms with Crippen molar-refractivity contribution in [3.63, 3.8) is 0 Å². The number of aromatic nitrogens is 1. The van der Waals surface area contributed by atoms with Crippen LogP contribution in [0, 0.1) is 5.82 Å². The molecule has 6 heteroatoms. The molecule has 2 rings (SSSR count). The van der Waals surface area contributed by atoms with Crippen LogP contribution in [0.25, 0.3) is 0 Å². The van der Waals surface area contributed by atoms with Crippen LogP contribution in [0.5, 0.6) is 0 Å². The Hall–Kier alpha value is -1.95. The fraction of sp³-hybridized carbons (Fsp3) is 0.0769. The SMILES string of the molecule is Nc1ncc(Br)cc1C(=O)NCc1ccccc1F. The van der Waals surface area contributed by atoms with E-state index in [4.69, 9.17) is 5.73 Å². The third-order valence-corrected chi connectivity index (χ3v) is 2.96. The van der Waals surface area contributed by atoms with Crippen molar-refractivity contribution in [1.82, 2.24) is 10.3 Å². The quantitative estimate of drug-likeness (QED) is 0.911. The van der Waals surface area contributed by atoms with Gasteiger partial charge in [-0.25, -0.2) is 9.37 Å². The molecule has 2 aromatic rings. The second-order valence-electron chi connectivity index (χ2n) is 3.86. The molecular weight excluding hydrogens is 313 g/mol. The van der Waals surface area contributed by atoms with Gasteiger partial charge in [-0.3, -0.25) is 4.79 Å². The van der Waals surface area contributed by atoms with Crippen LogP contribution in [0.3, 0.4) is 0 Å². The van der Waals surface area contributed by atoms with Gasteiger partial charge in [-0.1, -0.05) is 18.2 Å². The largest absolute Gasteiger partial charge is 0.383 e. The van der Waals surface area contributed by atoms with E-state index in [2.05, 4.69) is 26.2 Å². The van der Waals surface area contributed by atoms with E-state index in [1.165, 1.54) is 12.3 Å². The van der Waals surface area contributed by atoms with Gasteiger partial charge in [0, 0.05) is 22.8 Å². The number of pyridine rings is 1. The van der Waals surface area contributed by atoms with Crippen LogP contribution in [0.1, 0.15) is 15.9 Å². The Labute approximate surface area is 118 Å². The van der Waals surface area contributed by atoms with Gasteiger partial charge in [-0.05, 0) is 28.1 Å².